The van der Waals surface area contributed by atoms with Gasteiger partial charge in [0.25, 0.3) is 5.56 Å². The van der Waals surface area contributed by atoms with E-state index in [4.69, 9.17) is 0 Å². The predicted octanol–water partition coefficient (Wildman–Crippen LogP) is 4.15. The van der Waals surface area contributed by atoms with Crippen LogP contribution < -0.4 is 10.9 Å². The summed E-state index contributed by atoms with van der Waals surface area (Å²) in [6.45, 7) is 6.10. The molecule has 0 radical (unpaired) electrons. The molecule has 7 heteroatoms. The van der Waals surface area contributed by atoms with Crippen LogP contribution in [-0.4, -0.2) is 21.6 Å². The number of rotatable bonds is 6. The van der Waals surface area contributed by atoms with Crippen molar-refractivity contribution < 1.29 is 4.79 Å². The lowest BCUT2D eigenvalue weighted by Crippen LogP contribution is -2.17. The maximum Gasteiger partial charge on any atom is 0.260 e. The summed E-state index contributed by atoms with van der Waals surface area (Å²) in [5.74, 6) is 0.0933. The average Bonchev–Trinajstić information content (AvgIpc) is 3.01. The fourth-order valence-corrected chi connectivity index (χ4v) is 4.41. The van der Waals surface area contributed by atoms with E-state index in [-0.39, 0.29) is 17.2 Å². The molecule has 0 fully saturated rings. The van der Waals surface area contributed by atoms with Gasteiger partial charge in [0.15, 0.2) is 5.16 Å². The van der Waals surface area contributed by atoms with Crippen LogP contribution in [-0.2, 0) is 17.6 Å². The molecule has 0 saturated carbocycles. The van der Waals surface area contributed by atoms with Gasteiger partial charge in [0, 0.05) is 10.6 Å². The first-order chi connectivity index (χ1) is 12.5. The number of aromatic nitrogens is 2. The van der Waals surface area contributed by atoms with Gasteiger partial charge in [-0.25, -0.2) is 4.98 Å². The van der Waals surface area contributed by atoms with Crippen molar-refractivity contribution in [3.05, 3.63) is 50.6 Å². The normalized spacial score (nSPS) is 11.0. The Morgan fingerprint density at radius 2 is 1.96 bits per heavy atom. The van der Waals surface area contributed by atoms with Crippen LogP contribution >= 0.6 is 23.1 Å². The average molecular weight is 388 g/mol. The van der Waals surface area contributed by atoms with Crippen LogP contribution in [0.1, 0.15) is 29.9 Å². The standard InChI is InChI=1S/C19H21N3O2S2/c1-4-12-7-6-8-13(5-2)16(12)20-15(23)10-25-19-21-17(24)14-9-11(3)26-18(14)22-19/h6-9H,4-5,10H2,1-3H3,(H,20,23)(H,21,22,24). The fourth-order valence-electron chi connectivity index (χ4n) is 2.81. The van der Waals surface area contributed by atoms with Gasteiger partial charge in [-0.1, -0.05) is 43.8 Å². The minimum Gasteiger partial charge on any atom is -0.325 e. The van der Waals surface area contributed by atoms with Gasteiger partial charge in [-0.3, -0.25) is 9.59 Å². The van der Waals surface area contributed by atoms with Gasteiger partial charge in [-0.2, -0.15) is 0 Å². The molecular weight excluding hydrogens is 366 g/mol. The van der Waals surface area contributed by atoms with Crippen molar-refractivity contribution in [3.8, 4) is 0 Å². The first kappa shape index (κ1) is 18.7. The maximum atomic E-state index is 12.4. The van der Waals surface area contributed by atoms with Gasteiger partial charge >= 0.3 is 0 Å². The molecule has 1 amide bonds. The molecule has 3 aromatic rings. The largest absolute Gasteiger partial charge is 0.325 e. The van der Waals surface area contributed by atoms with E-state index >= 15 is 0 Å². The summed E-state index contributed by atoms with van der Waals surface area (Å²) < 4.78 is 0. The van der Waals surface area contributed by atoms with Crippen molar-refractivity contribution in [2.75, 3.05) is 11.1 Å². The number of aryl methyl sites for hydroxylation is 3. The lowest BCUT2D eigenvalue weighted by molar-refractivity contribution is -0.113. The van der Waals surface area contributed by atoms with Gasteiger partial charge in [-0.15, -0.1) is 11.3 Å². The molecule has 5 nitrogen and oxygen atoms in total. The topological polar surface area (TPSA) is 74.8 Å². The molecular formula is C19H21N3O2S2. The maximum absolute atomic E-state index is 12.4. The predicted molar refractivity (Wildman–Crippen MR) is 110 cm³/mol. The third-order valence-corrected chi connectivity index (χ3v) is 5.92. The van der Waals surface area contributed by atoms with Crippen molar-refractivity contribution in [1.29, 1.82) is 0 Å². The third-order valence-electron chi connectivity index (χ3n) is 4.11. The van der Waals surface area contributed by atoms with E-state index in [1.807, 2.05) is 31.2 Å². The van der Waals surface area contributed by atoms with E-state index in [2.05, 4.69) is 29.1 Å². The Bertz CT molecular complexity index is 985. The number of thiophene rings is 1. The van der Waals surface area contributed by atoms with Crippen molar-refractivity contribution >= 4 is 44.9 Å². The number of nitrogens with zero attached hydrogens (tertiary/aromatic N) is 1. The van der Waals surface area contributed by atoms with Crippen LogP contribution in [0.2, 0.25) is 0 Å². The lowest BCUT2D eigenvalue weighted by Gasteiger charge is -2.14. The molecule has 0 aliphatic heterocycles. The van der Waals surface area contributed by atoms with E-state index in [1.165, 1.54) is 23.1 Å². The molecule has 0 saturated heterocycles. The van der Waals surface area contributed by atoms with Crippen LogP contribution in [0.5, 0.6) is 0 Å². The Morgan fingerprint density at radius 1 is 1.27 bits per heavy atom. The molecule has 136 valence electrons. The molecule has 26 heavy (non-hydrogen) atoms. The second kappa shape index (κ2) is 8.05. The van der Waals surface area contributed by atoms with Crippen molar-refractivity contribution in [2.24, 2.45) is 0 Å². The van der Waals surface area contributed by atoms with E-state index in [9.17, 15) is 9.59 Å². The van der Waals surface area contributed by atoms with Gasteiger partial charge < -0.3 is 10.3 Å². The zero-order chi connectivity index (χ0) is 18.7. The number of para-hydroxylation sites is 1. The van der Waals surface area contributed by atoms with E-state index in [0.29, 0.717) is 15.4 Å². The summed E-state index contributed by atoms with van der Waals surface area (Å²) in [5.41, 5.74) is 3.01. The monoisotopic (exact) mass is 387 g/mol. The molecule has 0 aliphatic rings. The van der Waals surface area contributed by atoms with Crippen LogP contribution in [0.4, 0.5) is 5.69 Å². The number of amides is 1. The van der Waals surface area contributed by atoms with Crippen molar-refractivity contribution in [2.45, 2.75) is 38.8 Å². The number of hydrogen-bond acceptors (Lipinski definition) is 5. The molecule has 0 aliphatic carbocycles. The fraction of sp³-hybridized carbons (Fsp3) is 0.316. The van der Waals surface area contributed by atoms with Gasteiger partial charge in [0.2, 0.25) is 5.91 Å². The summed E-state index contributed by atoms with van der Waals surface area (Å²) in [4.78, 5) is 33.5. The lowest BCUT2D eigenvalue weighted by atomic mass is 10.0. The third kappa shape index (κ3) is 3.99. The Labute approximate surface area is 160 Å². The number of carbonyl (C=O) groups excluding carboxylic acids is 1. The minimum absolute atomic E-state index is 0.101. The number of H-pyrrole nitrogens is 1. The highest BCUT2D eigenvalue weighted by Gasteiger charge is 2.12. The first-order valence-corrected chi connectivity index (χ1v) is 10.4. The van der Waals surface area contributed by atoms with Gasteiger partial charge in [0.05, 0.1) is 11.1 Å². The molecule has 2 heterocycles. The smallest absolute Gasteiger partial charge is 0.260 e. The Kier molecular flexibility index (Phi) is 5.78. The van der Waals surface area contributed by atoms with Crippen LogP contribution in [0.3, 0.4) is 0 Å². The molecule has 3 rings (SSSR count). The zero-order valence-electron chi connectivity index (χ0n) is 15.0. The molecule has 2 N–H and O–H groups in total. The summed E-state index contributed by atoms with van der Waals surface area (Å²) in [6, 6.07) is 7.93. The SMILES string of the molecule is CCc1cccc(CC)c1NC(=O)CSc1nc2sc(C)cc2c(=O)[nH]1. The van der Waals surface area contributed by atoms with Gasteiger partial charge in [-0.05, 0) is 37.0 Å². The number of thioether (sulfide) groups is 1. The molecule has 2 aromatic heterocycles. The Morgan fingerprint density at radius 3 is 2.62 bits per heavy atom. The number of nitrogens with one attached hydrogen (secondary N) is 2. The van der Waals surface area contributed by atoms with Crippen molar-refractivity contribution in [3.63, 3.8) is 0 Å². The summed E-state index contributed by atoms with van der Waals surface area (Å²) >= 11 is 2.72. The quantitative estimate of drug-likeness (QED) is 0.492. The second-order valence-electron chi connectivity index (χ2n) is 5.94. The number of carbonyl (C=O) groups is 1. The molecule has 0 spiro atoms. The number of aromatic amines is 1. The highest BCUT2D eigenvalue weighted by molar-refractivity contribution is 7.99. The first-order valence-electron chi connectivity index (χ1n) is 8.55. The van der Waals surface area contributed by atoms with Crippen LogP contribution in [0, 0.1) is 6.92 Å². The molecule has 0 bridgehead atoms. The van der Waals surface area contributed by atoms with E-state index < -0.39 is 0 Å². The summed E-state index contributed by atoms with van der Waals surface area (Å²) in [5, 5.41) is 4.10. The van der Waals surface area contributed by atoms with Crippen LogP contribution in [0.25, 0.3) is 10.2 Å². The van der Waals surface area contributed by atoms with Crippen molar-refractivity contribution in [1.82, 2.24) is 9.97 Å². The molecule has 0 unspecified atom stereocenters. The molecule has 1 aromatic carbocycles. The number of fused-ring (bicyclic) bond motifs is 1. The zero-order valence-corrected chi connectivity index (χ0v) is 16.6. The minimum atomic E-state index is -0.160. The number of benzene rings is 1. The summed E-state index contributed by atoms with van der Waals surface area (Å²) in [7, 11) is 0. The Hall–Kier alpha value is -2.12. The van der Waals surface area contributed by atoms with Gasteiger partial charge in [0.1, 0.15) is 4.83 Å². The van der Waals surface area contributed by atoms with E-state index in [1.54, 1.807) is 0 Å². The number of anilines is 1. The Balaban J connectivity index is 1.73. The highest BCUT2D eigenvalue weighted by atomic mass is 32.2. The molecule has 0 atom stereocenters. The highest BCUT2D eigenvalue weighted by Crippen LogP contribution is 2.24. The van der Waals surface area contributed by atoms with Crippen LogP contribution in [0.15, 0.2) is 34.2 Å². The summed E-state index contributed by atoms with van der Waals surface area (Å²) in [6.07, 6.45) is 1.72. The second-order valence-corrected chi connectivity index (χ2v) is 8.14. The van der Waals surface area contributed by atoms with E-state index in [0.717, 1.165) is 34.5 Å². The number of hydrogen-bond donors (Lipinski definition) is 2.